The van der Waals surface area contributed by atoms with Crippen LogP contribution in [0.5, 0.6) is 5.75 Å². The lowest BCUT2D eigenvalue weighted by Crippen LogP contribution is -2.32. The van der Waals surface area contributed by atoms with Gasteiger partial charge in [0.05, 0.1) is 24.4 Å². The van der Waals surface area contributed by atoms with Crippen LogP contribution in [-0.4, -0.2) is 43.5 Å². The van der Waals surface area contributed by atoms with Gasteiger partial charge in [-0.1, -0.05) is 6.07 Å². The lowest BCUT2D eigenvalue weighted by Gasteiger charge is -2.29. The van der Waals surface area contributed by atoms with Crippen LogP contribution in [0.2, 0.25) is 0 Å². The van der Waals surface area contributed by atoms with E-state index >= 15 is 0 Å². The molecular weight excluding hydrogens is 380 g/mol. The van der Waals surface area contributed by atoms with Gasteiger partial charge in [0.25, 0.3) is 0 Å². The molecule has 2 aliphatic heterocycles. The molecule has 2 saturated heterocycles. The third-order valence-corrected chi connectivity index (χ3v) is 5.82. The smallest absolute Gasteiger partial charge is 0.229 e. The van der Waals surface area contributed by atoms with Crippen LogP contribution in [0.15, 0.2) is 36.5 Å². The van der Waals surface area contributed by atoms with Crippen LogP contribution in [0.3, 0.4) is 0 Å². The van der Waals surface area contributed by atoms with Crippen molar-refractivity contribution < 1.29 is 14.3 Å². The average Bonchev–Trinajstić information content (AvgIpc) is 3.16. The van der Waals surface area contributed by atoms with E-state index in [9.17, 15) is 9.59 Å². The molecule has 2 aromatic rings. The van der Waals surface area contributed by atoms with E-state index in [-0.39, 0.29) is 18.2 Å². The Kier molecular flexibility index (Phi) is 5.88. The summed E-state index contributed by atoms with van der Waals surface area (Å²) in [6.45, 7) is 4.20. The van der Waals surface area contributed by atoms with Crippen LogP contribution < -0.4 is 19.9 Å². The van der Waals surface area contributed by atoms with Crippen LogP contribution in [0.4, 0.5) is 17.2 Å². The number of piperidine rings is 1. The molecule has 0 spiro atoms. The second-order valence-corrected chi connectivity index (χ2v) is 7.99. The van der Waals surface area contributed by atoms with Crippen molar-refractivity contribution >= 4 is 29.0 Å². The number of rotatable bonds is 5. The molecule has 0 aliphatic carbocycles. The second-order valence-electron chi connectivity index (χ2n) is 7.99. The molecule has 1 unspecified atom stereocenters. The van der Waals surface area contributed by atoms with Crippen molar-refractivity contribution in [2.24, 2.45) is 5.92 Å². The van der Waals surface area contributed by atoms with Gasteiger partial charge in [0, 0.05) is 32.3 Å². The molecule has 2 fully saturated rings. The number of nitrogens with one attached hydrogen (secondary N) is 1. The van der Waals surface area contributed by atoms with Gasteiger partial charge in [0.15, 0.2) is 5.82 Å². The minimum Gasteiger partial charge on any atom is -0.495 e. The number of hydrogen-bond donors (Lipinski definition) is 1. The zero-order valence-electron chi connectivity index (χ0n) is 17.6. The van der Waals surface area contributed by atoms with Gasteiger partial charge in [-0.25, -0.2) is 4.98 Å². The van der Waals surface area contributed by atoms with E-state index in [0.717, 1.165) is 37.3 Å². The third kappa shape index (κ3) is 4.10. The molecule has 158 valence electrons. The molecule has 7 nitrogen and oxygen atoms in total. The summed E-state index contributed by atoms with van der Waals surface area (Å²) in [7, 11) is 1.59. The normalized spacial score (nSPS) is 19.1. The standard InChI is InChI=1S/C23H28N4O3/c1-16-8-9-20(30-2)19(13-16)27-15-17(14-21(27)28)23(29)25-18-7-6-10-24-22(18)26-11-4-3-5-12-26/h6-10,13,17H,3-5,11-12,14-15H2,1-2H3,(H,25,29). The molecule has 1 N–H and O–H groups in total. The predicted molar refractivity (Wildman–Crippen MR) is 117 cm³/mol. The van der Waals surface area contributed by atoms with Gasteiger partial charge in [0.2, 0.25) is 11.8 Å². The second kappa shape index (κ2) is 8.73. The Bertz CT molecular complexity index is 940. The lowest BCUT2D eigenvalue weighted by molar-refractivity contribution is -0.122. The number of hydrogen-bond acceptors (Lipinski definition) is 5. The van der Waals surface area contributed by atoms with Crippen molar-refractivity contribution in [1.82, 2.24) is 4.98 Å². The van der Waals surface area contributed by atoms with Crippen molar-refractivity contribution in [3.8, 4) is 5.75 Å². The van der Waals surface area contributed by atoms with Crippen LogP contribution >= 0.6 is 0 Å². The molecule has 3 heterocycles. The molecular formula is C23H28N4O3. The number of benzene rings is 1. The third-order valence-electron chi connectivity index (χ3n) is 5.82. The number of carbonyl (C=O) groups excluding carboxylic acids is 2. The maximum atomic E-state index is 13.0. The minimum atomic E-state index is -0.419. The summed E-state index contributed by atoms with van der Waals surface area (Å²) < 4.78 is 5.43. The van der Waals surface area contributed by atoms with E-state index in [1.807, 2.05) is 37.3 Å². The van der Waals surface area contributed by atoms with E-state index in [2.05, 4.69) is 15.2 Å². The van der Waals surface area contributed by atoms with Crippen molar-refractivity contribution in [1.29, 1.82) is 0 Å². The largest absolute Gasteiger partial charge is 0.495 e. The first-order valence-corrected chi connectivity index (χ1v) is 10.5. The highest BCUT2D eigenvalue weighted by molar-refractivity contribution is 6.05. The molecule has 1 aromatic heterocycles. The van der Waals surface area contributed by atoms with Crippen molar-refractivity contribution in [3.05, 3.63) is 42.1 Å². The Balaban J connectivity index is 1.50. The zero-order chi connectivity index (χ0) is 21.1. The predicted octanol–water partition coefficient (Wildman–Crippen LogP) is 3.38. The van der Waals surface area contributed by atoms with Gasteiger partial charge in [-0.2, -0.15) is 0 Å². The summed E-state index contributed by atoms with van der Waals surface area (Å²) >= 11 is 0. The Labute approximate surface area is 177 Å². The summed E-state index contributed by atoms with van der Waals surface area (Å²) in [6, 6.07) is 9.43. The minimum absolute atomic E-state index is 0.0681. The molecule has 4 rings (SSSR count). The molecule has 2 amide bonds. The fourth-order valence-corrected chi connectivity index (χ4v) is 4.21. The number of nitrogens with zero attached hydrogens (tertiary/aromatic N) is 3. The van der Waals surface area contributed by atoms with Crippen LogP contribution in [-0.2, 0) is 9.59 Å². The number of pyridine rings is 1. The first kappa shape index (κ1) is 20.2. The molecule has 7 heteroatoms. The molecule has 30 heavy (non-hydrogen) atoms. The molecule has 1 atom stereocenters. The molecule has 0 saturated carbocycles. The van der Waals surface area contributed by atoms with Gasteiger partial charge in [0.1, 0.15) is 5.75 Å². The molecule has 0 radical (unpaired) electrons. The van der Waals surface area contributed by atoms with Gasteiger partial charge < -0.3 is 19.9 Å². The first-order valence-electron chi connectivity index (χ1n) is 10.5. The van der Waals surface area contributed by atoms with Crippen LogP contribution in [0.1, 0.15) is 31.2 Å². The van der Waals surface area contributed by atoms with E-state index in [4.69, 9.17) is 4.74 Å². The summed E-state index contributed by atoms with van der Waals surface area (Å²) in [6.07, 6.45) is 5.43. The Morgan fingerprint density at radius 2 is 2.00 bits per heavy atom. The lowest BCUT2D eigenvalue weighted by atomic mass is 10.1. The van der Waals surface area contributed by atoms with Crippen LogP contribution in [0.25, 0.3) is 0 Å². The van der Waals surface area contributed by atoms with Crippen molar-refractivity contribution in [2.45, 2.75) is 32.6 Å². The monoisotopic (exact) mass is 408 g/mol. The van der Waals surface area contributed by atoms with E-state index in [0.29, 0.717) is 23.7 Å². The number of aromatic nitrogens is 1. The summed E-state index contributed by atoms with van der Waals surface area (Å²) in [5.74, 6) is 0.809. The van der Waals surface area contributed by atoms with E-state index in [1.165, 1.54) is 6.42 Å². The number of amides is 2. The Morgan fingerprint density at radius 3 is 2.77 bits per heavy atom. The number of carbonyl (C=O) groups is 2. The number of ether oxygens (including phenoxy) is 1. The molecule has 1 aromatic carbocycles. The maximum absolute atomic E-state index is 13.0. The number of aryl methyl sites for hydroxylation is 1. The molecule has 0 bridgehead atoms. The van der Waals surface area contributed by atoms with E-state index < -0.39 is 5.92 Å². The van der Waals surface area contributed by atoms with Gasteiger partial charge in [-0.3, -0.25) is 9.59 Å². The number of anilines is 3. The van der Waals surface area contributed by atoms with Gasteiger partial charge in [-0.05, 0) is 56.0 Å². The molecule has 2 aliphatic rings. The SMILES string of the molecule is COc1ccc(C)cc1N1CC(C(=O)Nc2cccnc2N2CCCCC2)CC1=O. The van der Waals surface area contributed by atoms with E-state index in [1.54, 1.807) is 18.2 Å². The Morgan fingerprint density at radius 1 is 1.20 bits per heavy atom. The Hall–Kier alpha value is -3.09. The zero-order valence-corrected chi connectivity index (χ0v) is 17.6. The van der Waals surface area contributed by atoms with Gasteiger partial charge in [-0.15, -0.1) is 0 Å². The summed E-state index contributed by atoms with van der Waals surface area (Å²) in [5, 5.41) is 3.03. The average molecular weight is 409 g/mol. The highest BCUT2D eigenvalue weighted by Gasteiger charge is 2.36. The fourth-order valence-electron chi connectivity index (χ4n) is 4.21. The topological polar surface area (TPSA) is 74.8 Å². The highest BCUT2D eigenvalue weighted by Crippen LogP contribution is 2.34. The quantitative estimate of drug-likeness (QED) is 0.821. The maximum Gasteiger partial charge on any atom is 0.229 e. The van der Waals surface area contributed by atoms with Crippen molar-refractivity contribution in [2.75, 3.05) is 41.9 Å². The number of methoxy groups -OCH3 is 1. The fraction of sp³-hybridized carbons (Fsp3) is 0.435. The van der Waals surface area contributed by atoms with Crippen molar-refractivity contribution in [3.63, 3.8) is 0 Å². The van der Waals surface area contributed by atoms with Crippen LogP contribution in [0, 0.1) is 12.8 Å². The summed E-state index contributed by atoms with van der Waals surface area (Å²) in [4.78, 5) is 34.1. The highest BCUT2D eigenvalue weighted by atomic mass is 16.5. The van der Waals surface area contributed by atoms with Gasteiger partial charge >= 0.3 is 0 Å². The first-order chi connectivity index (χ1) is 14.6. The summed E-state index contributed by atoms with van der Waals surface area (Å²) in [5.41, 5.74) is 2.46.